The van der Waals surface area contributed by atoms with Gasteiger partial charge in [0.2, 0.25) is 5.95 Å². The van der Waals surface area contributed by atoms with E-state index in [1.165, 1.54) is 10.9 Å². The Balaban J connectivity index is 1.63. The van der Waals surface area contributed by atoms with E-state index in [-0.39, 0.29) is 12.3 Å². The van der Waals surface area contributed by atoms with E-state index < -0.39 is 5.54 Å². The minimum Gasteiger partial charge on any atom is -0.394 e. The maximum absolute atomic E-state index is 13.1. The average molecular weight is 410 g/mol. The number of imidazole rings is 1. The number of nitrogens with zero attached hydrogens (tertiary/aromatic N) is 7. The summed E-state index contributed by atoms with van der Waals surface area (Å²) in [6.07, 6.45) is 6.01. The molecule has 4 aromatic rings. The molecule has 0 bridgehead atoms. The van der Waals surface area contributed by atoms with Gasteiger partial charge in [0, 0.05) is 20.3 Å². The van der Waals surface area contributed by atoms with Crippen LogP contribution in [0.3, 0.4) is 0 Å². The molecule has 0 radical (unpaired) electrons. The van der Waals surface area contributed by atoms with Crippen molar-refractivity contribution in [3.63, 3.8) is 0 Å². The fourth-order valence-electron chi connectivity index (χ4n) is 4.01. The van der Waals surface area contributed by atoms with Crippen LogP contribution in [0.2, 0.25) is 0 Å². The van der Waals surface area contributed by atoms with Gasteiger partial charge in [-0.2, -0.15) is 10.1 Å². The van der Waals surface area contributed by atoms with Crippen LogP contribution in [0.15, 0.2) is 29.6 Å². The predicted molar refractivity (Wildman–Crippen MR) is 109 cm³/mol. The van der Waals surface area contributed by atoms with Crippen LogP contribution >= 0.6 is 0 Å². The van der Waals surface area contributed by atoms with Crippen molar-refractivity contribution < 1.29 is 9.84 Å². The molecule has 0 spiro atoms. The number of hydrogen-bond acceptors (Lipinski definition) is 8. The molecule has 0 saturated carbocycles. The molecule has 1 aliphatic rings. The number of anilines is 2. The summed E-state index contributed by atoms with van der Waals surface area (Å²) in [5.41, 5.74) is 2.60. The lowest BCUT2D eigenvalue weighted by Crippen LogP contribution is -2.48. The molecule has 11 heteroatoms. The normalized spacial score (nSPS) is 16.4. The second kappa shape index (κ2) is 6.89. The second-order valence-electron chi connectivity index (χ2n) is 7.63. The Morgan fingerprint density at radius 1 is 1.30 bits per heavy atom. The third-order valence-electron chi connectivity index (χ3n) is 5.86. The molecule has 4 aromatic heterocycles. The summed E-state index contributed by atoms with van der Waals surface area (Å²) in [7, 11) is 1.69. The highest BCUT2D eigenvalue weighted by molar-refractivity contribution is 5.73. The molecule has 30 heavy (non-hydrogen) atoms. The third kappa shape index (κ3) is 2.77. The lowest BCUT2D eigenvalue weighted by Gasteiger charge is -2.36. The van der Waals surface area contributed by atoms with Gasteiger partial charge in [0.05, 0.1) is 30.2 Å². The summed E-state index contributed by atoms with van der Waals surface area (Å²) in [4.78, 5) is 26.3. The average Bonchev–Trinajstić information content (AvgIpc) is 3.31. The first-order chi connectivity index (χ1) is 14.5. The van der Waals surface area contributed by atoms with Crippen LogP contribution in [0.1, 0.15) is 18.4 Å². The van der Waals surface area contributed by atoms with Crippen molar-refractivity contribution in [3.8, 4) is 0 Å². The quantitative estimate of drug-likeness (QED) is 0.504. The van der Waals surface area contributed by atoms with E-state index >= 15 is 0 Å². The standard InChI is InChI=1S/C19H22N8O3/c1-12-7-15-21-11-22-26(15)9-13(12)23-17-20-8-14-16(24-17)27(18(29)25(14)2)19(10-28)3-5-30-6-4-19/h7-9,11,28H,3-6,10H2,1-2H3,(H,20,23,24). The zero-order valence-corrected chi connectivity index (χ0v) is 16.7. The van der Waals surface area contributed by atoms with Crippen molar-refractivity contribution in [1.82, 2.24) is 33.7 Å². The van der Waals surface area contributed by atoms with Gasteiger partial charge >= 0.3 is 5.69 Å². The Bertz CT molecular complexity index is 1300. The van der Waals surface area contributed by atoms with Crippen LogP contribution in [-0.4, -0.2) is 58.6 Å². The fourth-order valence-corrected chi connectivity index (χ4v) is 4.01. The molecular weight excluding hydrogens is 388 g/mol. The number of rotatable bonds is 4. The molecule has 1 saturated heterocycles. The van der Waals surface area contributed by atoms with Crippen LogP contribution in [0.5, 0.6) is 0 Å². The number of aryl methyl sites for hydroxylation is 2. The van der Waals surface area contributed by atoms with Gasteiger partial charge in [-0.25, -0.2) is 19.3 Å². The molecule has 0 amide bonds. The van der Waals surface area contributed by atoms with Crippen molar-refractivity contribution in [2.24, 2.45) is 7.05 Å². The van der Waals surface area contributed by atoms with Gasteiger partial charge in [-0.1, -0.05) is 0 Å². The van der Waals surface area contributed by atoms with Gasteiger partial charge in [-0.3, -0.25) is 9.13 Å². The largest absolute Gasteiger partial charge is 0.394 e. The van der Waals surface area contributed by atoms with Gasteiger partial charge in [-0.15, -0.1) is 0 Å². The summed E-state index contributed by atoms with van der Waals surface area (Å²) < 4.78 is 10.2. The highest BCUT2D eigenvalue weighted by Crippen LogP contribution is 2.31. The number of pyridine rings is 1. The first-order valence-electron chi connectivity index (χ1n) is 9.73. The van der Waals surface area contributed by atoms with E-state index in [1.54, 1.807) is 22.3 Å². The van der Waals surface area contributed by atoms with E-state index in [4.69, 9.17) is 4.74 Å². The smallest absolute Gasteiger partial charge is 0.330 e. The molecule has 2 N–H and O–H groups in total. The predicted octanol–water partition coefficient (Wildman–Crippen LogP) is 0.723. The molecule has 156 valence electrons. The highest BCUT2D eigenvalue weighted by atomic mass is 16.5. The highest BCUT2D eigenvalue weighted by Gasteiger charge is 2.38. The summed E-state index contributed by atoms with van der Waals surface area (Å²) in [6.45, 7) is 2.76. The molecule has 1 aliphatic heterocycles. The molecule has 0 aliphatic carbocycles. The first kappa shape index (κ1) is 18.7. The maximum Gasteiger partial charge on any atom is 0.330 e. The molecule has 1 fully saturated rings. The second-order valence-corrected chi connectivity index (χ2v) is 7.63. The number of aliphatic hydroxyl groups excluding tert-OH is 1. The Labute approximate surface area is 171 Å². The van der Waals surface area contributed by atoms with Crippen molar-refractivity contribution in [2.45, 2.75) is 25.3 Å². The summed E-state index contributed by atoms with van der Waals surface area (Å²) in [5.74, 6) is 0.351. The lowest BCUT2D eigenvalue weighted by atomic mass is 9.90. The van der Waals surface area contributed by atoms with Gasteiger partial charge in [0.15, 0.2) is 11.3 Å². The van der Waals surface area contributed by atoms with E-state index in [1.807, 2.05) is 19.2 Å². The van der Waals surface area contributed by atoms with Crippen molar-refractivity contribution in [3.05, 3.63) is 40.8 Å². The summed E-state index contributed by atoms with van der Waals surface area (Å²) in [5, 5.41) is 17.6. The minimum atomic E-state index is -0.740. The van der Waals surface area contributed by atoms with Gasteiger partial charge in [-0.05, 0) is 31.4 Å². The van der Waals surface area contributed by atoms with Crippen LogP contribution < -0.4 is 11.0 Å². The zero-order valence-electron chi connectivity index (χ0n) is 16.7. The third-order valence-corrected chi connectivity index (χ3v) is 5.86. The number of nitrogens with one attached hydrogen (secondary N) is 1. The van der Waals surface area contributed by atoms with Crippen LogP contribution in [0.4, 0.5) is 11.6 Å². The topological polar surface area (TPSA) is 124 Å². The van der Waals surface area contributed by atoms with E-state index in [2.05, 4.69) is 25.4 Å². The van der Waals surface area contributed by atoms with Crippen LogP contribution in [-0.2, 0) is 17.3 Å². The molecule has 5 heterocycles. The maximum atomic E-state index is 13.1. The Hall–Kier alpha value is -3.31. The Morgan fingerprint density at radius 3 is 2.87 bits per heavy atom. The van der Waals surface area contributed by atoms with Gasteiger partial charge < -0.3 is 15.2 Å². The minimum absolute atomic E-state index is 0.162. The van der Waals surface area contributed by atoms with E-state index in [9.17, 15) is 9.90 Å². The Kier molecular flexibility index (Phi) is 4.29. The molecule has 11 nitrogen and oxygen atoms in total. The number of fused-ring (bicyclic) bond motifs is 2. The van der Waals surface area contributed by atoms with E-state index in [0.29, 0.717) is 43.2 Å². The summed E-state index contributed by atoms with van der Waals surface area (Å²) >= 11 is 0. The van der Waals surface area contributed by atoms with Crippen molar-refractivity contribution >= 4 is 28.4 Å². The molecule has 0 unspecified atom stereocenters. The van der Waals surface area contributed by atoms with Gasteiger partial charge in [0.1, 0.15) is 11.8 Å². The summed E-state index contributed by atoms with van der Waals surface area (Å²) in [6, 6.07) is 1.91. The zero-order chi connectivity index (χ0) is 20.9. The monoisotopic (exact) mass is 410 g/mol. The van der Waals surface area contributed by atoms with Crippen LogP contribution in [0.25, 0.3) is 16.8 Å². The molecule has 0 aromatic carbocycles. The van der Waals surface area contributed by atoms with Crippen LogP contribution in [0, 0.1) is 6.92 Å². The molecule has 5 rings (SSSR count). The SMILES string of the molecule is Cc1cc2ncnn2cc1Nc1ncc2c(n1)n(C1(CO)CCOCC1)c(=O)n2C. The first-order valence-corrected chi connectivity index (χ1v) is 9.73. The van der Waals surface area contributed by atoms with Gasteiger partial charge in [0.25, 0.3) is 0 Å². The Morgan fingerprint density at radius 2 is 2.10 bits per heavy atom. The fraction of sp³-hybridized carbons (Fsp3) is 0.421. The molecular formula is C19H22N8O3. The number of aromatic nitrogens is 7. The number of hydrogen-bond donors (Lipinski definition) is 2. The van der Waals surface area contributed by atoms with Crippen molar-refractivity contribution in [1.29, 1.82) is 0 Å². The number of ether oxygens (including phenoxy) is 1. The number of aliphatic hydroxyl groups is 1. The lowest BCUT2D eigenvalue weighted by molar-refractivity contribution is -0.00828. The van der Waals surface area contributed by atoms with E-state index in [0.717, 1.165) is 16.9 Å². The molecule has 0 atom stereocenters. The van der Waals surface area contributed by atoms with Crippen molar-refractivity contribution in [2.75, 3.05) is 25.1 Å².